The highest BCUT2D eigenvalue weighted by molar-refractivity contribution is 5.21. The number of ether oxygens (including phenoxy) is 2. The van der Waals surface area contributed by atoms with Crippen molar-refractivity contribution in [3.63, 3.8) is 0 Å². The van der Waals surface area contributed by atoms with Gasteiger partial charge in [0.25, 0.3) is 0 Å². The molecule has 0 amide bonds. The second kappa shape index (κ2) is 12.0. The minimum absolute atomic E-state index is 0.0531. The SMILES string of the molecule is C=CC#C/C=C\CCCC(OCC)OCC. The van der Waals surface area contributed by atoms with Gasteiger partial charge in [-0.15, -0.1) is 0 Å². The molecule has 0 aromatic rings. The highest BCUT2D eigenvalue weighted by Gasteiger charge is 2.05. The molecule has 0 unspecified atom stereocenters. The van der Waals surface area contributed by atoms with E-state index in [9.17, 15) is 0 Å². The summed E-state index contributed by atoms with van der Waals surface area (Å²) in [5, 5.41) is 0. The van der Waals surface area contributed by atoms with Crippen LogP contribution in [0.3, 0.4) is 0 Å². The number of unbranched alkanes of at least 4 members (excludes halogenated alkanes) is 1. The molecule has 0 rings (SSSR count). The normalized spacial score (nSPS) is 10.4. The molecule has 2 heteroatoms. The summed E-state index contributed by atoms with van der Waals surface area (Å²) in [4.78, 5) is 0. The summed E-state index contributed by atoms with van der Waals surface area (Å²) in [6.07, 6.45) is 8.44. The Hall–Kier alpha value is -1.04. The van der Waals surface area contributed by atoms with E-state index in [1.165, 1.54) is 0 Å². The Kier molecular flexibility index (Phi) is 11.2. The maximum absolute atomic E-state index is 5.44. The Balaban J connectivity index is 3.60. The van der Waals surface area contributed by atoms with Crippen molar-refractivity contribution in [3.05, 3.63) is 24.8 Å². The first kappa shape index (κ1) is 15.0. The van der Waals surface area contributed by atoms with Gasteiger partial charge in [-0.2, -0.15) is 0 Å². The molecule has 0 radical (unpaired) electrons. The van der Waals surface area contributed by atoms with Gasteiger partial charge >= 0.3 is 0 Å². The number of hydrogen-bond donors (Lipinski definition) is 0. The van der Waals surface area contributed by atoms with Gasteiger partial charge in [-0.05, 0) is 45.3 Å². The maximum Gasteiger partial charge on any atom is 0.157 e. The van der Waals surface area contributed by atoms with Crippen molar-refractivity contribution in [3.8, 4) is 11.8 Å². The largest absolute Gasteiger partial charge is 0.353 e. The zero-order chi connectivity index (χ0) is 12.1. The lowest BCUT2D eigenvalue weighted by atomic mass is 10.2. The summed E-state index contributed by atoms with van der Waals surface area (Å²) in [5.74, 6) is 5.63. The number of hydrogen-bond acceptors (Lipinski definition) is 2. The predicted octanol–water partition coefficient (Wildman–Crippen LogP) is 3.30. The van der Waals surface area contributed by atoms with Gasteiger partial charge in [-0.25, -0.2) is 0 Å². The fourth-order valence-electron chi connectivity index (χ4n) is 1.24. The average Bonchev–Trinajstić information content (AvgIpc) is 2.28. The van der Waals surface area contributed by atoms with Crippen LogP contribution in [0.1, 0.15) is 33.1 Å². The van der Waals surface area contributed by atoms with E-state index in [2.05, 4.69) is 24.5 Å². The van der Waals surface area contributed by atoms with Crippen LogP contribution in [-0.4, -0.2) is 19.5 Å². The van der Waals surface area contributed by atoms with Crippen LogP contribution in [0, 0.1) is 11.8 Å². The van der Waals surface area contributed by atoms with E-state index >= 15 is 0 Å². The monoisotopic (exact) mass is 222 g/mol. The van der Waals surface area contributed by atoms with Crippen LogP contribution in [0.4, 0.5) is 0 Å². The van der Waals surface area contributed by atoms with E-state index in [1.807, 2.05) is 19.9 Å². The van der Waals surface area contributed by atoms with E-state index in [1.54, 1.807) is 6.08 Å². The van der Waals surface area contributed by atoms with E-state index in [-0.39, 0.29) is 6.29 Å². The van der Waals surface area contributed by atoms with E-state index in [0.717, 1.165) is 19.3 Å². The van der Waals surface area contributed by atoms with E-state index < -0.39 is 0 Å². The highest BCUT2D eigenvalue weighted by Crippen LogP contribution is 2.07. The summed E-state index contributed by atoms with van der Waals surface area (Å²) in [5.41, 5.74) is 0. The lowest BCUT2D eigenvalue weighted by Crippen LogP contribution is -2.16. The molecule has 0 heterocycles. The first-order chi connectivity index (χ1) is 7.85. The van der Waals surface area contributed by atoms with Crippen LogP contribution in [0.25, 0.3) is 0 Å². The van der Waals surface area contributed by atoms with Gasteiger partial charge in [0.2, 0.25) is 0 Å². The maximum atomic E-state index is 5.44. The molecular formula is C14H22O2. The third-order valence-electron chi connectivity index (χ3n) is 1.90. The molecule has 0 spiro atoms. The molecule has 2 nitrogen and oxygen atoms in total. The van der Waals surface area contributed by atoms with Crippen LogP contribution >= 0.6 is 0 Å². The molecule has 0 atom stereocenters. The summed E-state index contributed by atoms with van der Waals surface area (Å²) < 4.78 is 10.9. The molecule has 90 valence electrons. The summed E-state index contributed by atoms with van der Waals surface area (Å²) in [6, 6.07) is 0. The van der Waals surface area contributed by atoms with Crippen LogP contribution in [0.15, 0.2) is 24.8 Å². The zero-order valence-corrected chi connectivity index (χ0v) is 10.4. The minimum atomic E-state index is -0.0531. The number of allylic oxidation sites excluding steroid dienone is 3. The van der Waals surface area contributed by atoms with Crippen molar-refractivity contribution in [1.29, 1.82) is 0 Å². The molecule has 0 aliphatic carbocycles. The van der Waals surface area contributed by atoms with Crippen LogP contribution in [0.5, 0.6) is 0 Å². The molecule has 0 saturated carbocycles. The average molecular weight is 222 g/mol. The van der Waals surface area contributed by atoms with Gasteiger partial charge in [-0.3, -0.25) is 0 Å². The Morgan fingerprint density at radius 3 is 2.44 bits per heavy atom. The fourth-order valence-corrected chi connectivity index (χ4v) is 1.24. The summed E-state index contributed by atoms with van der Waals surface area (Å²) >= 11 is 0. The predicted molar refractivity (Wildman–Crippen MR) is 68.0 cm³/mol. The second-order valence-electron chi connectivity index (χ2n) is 3.17. The Bertz CT molecular complexity index is 239. The Labute approximate surface area is 99.3 Å². The molecule has 0 aromatic heterocycles. The van der Waals surface area contributed by atoms with E-state index in [4.69, 9.17) is 9.47 Å². The molecule has 0 bridgehead atoms. The third kappa shape index (κ3) is 9.51. The molecule has 0 aliphatic heterocycles. The quantitative estimate of drug-likeness (QED) is 0.356. The van der Waals surface area contributed by atoms with Gasteiger partial charge < -0.3 is 9.47 Å². The first-order valence-corrected chi connectivity index (χ1v) is 5.85. The zero-order valence-electron chi connectivity index (χ0n) is 10.4. The van der Waals surface area contributed by atoms with Crippen molar-refractivity contribution in [1.82, 2.24) is 0 Å². The van der Waals surface area contributed by atoms with Crippen molar-refractivity contribution in [2.24, 2.45) is 0 Å². The van der Waals surface area contributed by atoms with Gasteiger partial charge in [0.05, 0.1) is 0 Å². The molecule has 0 N–H and O–H groups in total. The van der Waals surface area contributed by atoms with Gasteiger partial charge in [0.15, 0.2) is 6.29 Å². The summed E-state index contributed by atoms with van der Waals surface area (Å²) in [7, 11) is 0. The van der Waals surface area contributed by atoms with Crippen molar-refractivity contribution in [2.75, 3.05) is 13.2 Å². The Morgan fingerprint density at radius 1 is 1.19 bits per heavy atom. The third-order valence-corrected chi connectivity index (χ3v) is 1.90. The van der Waals surface area contributed by atoms with Crippen LogP contribution in [-0.2, 0) is 9.47 Å². The lowest BCUT2D eigenvalue weighted by Gasteiger charge is -2.15. The molecule has 16 heavy (non-hydrogen) atoms. The van der Waals surface area contributed by atoms with Crippen molar-refractivity contribution in [2.45, 2.75) is 39.4 Å². The minimum Gasteiger partial charge on any atom is -0.353 e. The van der Waals surface area contributed by atoms with Crippen molar-refractivity contribution >= 4 is 0 Å². The second-order valence-corrected chi connectivity index (χ2v) is 3.17. The van der Waals surface area contributed by atoms with Gasteiger partial charge in [-0.1, -0.05) is 24.5 Å². The van der Waals surface area contributed by atoms with Gasteiger partial charge in [0.1, 0.15) is 0 Å². The summed E-state index contributed by atoms with van der Waals surface area (Å²) in [6.45, 7) is 8.88. The standard InChI is InChI=1S/C14H22O2/c1-4-7-8-9-10-11-12-13-14(15-5-2)16-6-3/h4,9-10,14H,1,5-6,11-13H2,2-3H3/b10-9-. The molecule has 0 aliphatic rings. The van der Waals surface area contributed by atoms with Gasteiger partial charge in [0, 0.05) is 13.2 Å². The van der Waals surface area contributed by atoms with E-state index in [0.29, 0.717) is 13.2 Å². The fraction of sp³-hybridized carbons (Fsp3) is 0.571. The van der Waals surface area contributed by atoms with Crippen molar-refractivity contribution < 1.29 is 9.47 Å². The molecule has 0 aromatic carbocycles. The topological polar surface area (TPSA) is 18.5 Å². The van der Waals surface area contributed by atoms with Crippen LogP contribution < -0.4 is 0 Å². The highest BCUT2D eigenvalue weighted by atomic mass is 16.7. The lowest BCUT2D eigenvalue weighted by molar-refractivity contribution is -0.139. The van der Waals surface area contributed by atoms with Crippen LogP contribution in [0.2, 0.25) is 0 Å². The smallest absolute Gasteiger partial charge is 0.157 e. The molecular weight excluding hydrogens is 200 g/mol. The first-order valence-electron chi connectivity index (χ1n) is 5.85. The number of rotatable bonds is 8. The molecule has 0 saturated heterocycles. The Morgan fingerprint density at radius 2 is 1.88 bits per heavy atom. The molecule has 0 fully saturated rings.